The zero-order chi connectivity index (χ0) is 15.5. The summed E-state index contributed by atoms with van der Waals surface area (Å²) in [6.45, 7) is 7.59. The van der Waals surface area contributed by atoms with E-state index >= 15 is 0 Å². The fourth-order valence-corrected chi connectivity index (χ4v) is 2.23. The van der Waals surface area contributed by atoms with Crippen molar-refractivity contribution in [2.45, 2.75) is 44.0 Å². The number of benzene rings is 1. The molecule has 4 nitrogen and oxygen atoms in total. The Morgan fingerprint density at radius 3 is 2.35 bits per heavy atom. The molecule has 110 valence electrons. The first kappa shape index (κ1) is 16.9. The van der Waals surface area contributed by atoms with E-state index in [0.717, 1.165) is 15.6 Å². The van der Waals surface area contributed by atoms with Gasteiger partial charge in [0.1, 0.15) is 5.75 Å². The maximum Gasteiger partial charge on any atom is 0.291 e. The molecule has 0 aliphatic heterocycles. The summed E-state index contributed by atoms with van der Waals surface area (Å²) in [5, 5.41) is 12.8. The second-order valence-corrected chi connectivity index (χ2v) is 6.42. The van der Waals surface area contributed by atoms with E-state index in [-0.39, 0.29) is 17.6 Å². The minimum Gasteiger partial charge on any atom is -0.505 e. The van der Waals surface area contributed by atoms with Gasteiger partial charge in [0.2, 0.25) is 5.78 Å². The molecular weight excluding hydrogens is 369 g/mol. The molecule has 0 saturated carbocycles. The number of hydrogen-bond acceptors (Lipinski definition) is 3. The number of alkyl halides is 1. The molecule has 0 aliphatic carbocycles. The normalized spacial score (nSPS) is 11.2. The smallest absolute Gasteiger partial charge is 0.291 e. The van der Waals surface area contributed by atoms with Crippen molar-refractivity contribution in [2.24, 2.45) is 0 Å². The van der Waals surface area contributed by atoms with Crippen LogP contribution in [0.15, 0.2) is 12.1 Å². The highest BCUT2D eigenvalue weighted by molar-refractivity contribution is 14.1. The number of anilines is 1. The third kappa shape index (κ3) is 3.94. The fraction of sp³-hybridized carbons (Fsp3) is 0.467. The number of phenols is 1. The van der Waals surface area contributed by atoms with Crippen LogP contribution in [0.25, 0.3) is 0 Å². The molecule has 1 aromatic carbocycles. The van der Waals surface area contributed by atoms with E-state index in [4.69, 9.17) is 0 Å². The summed E-state index contributed by atoms with van der Waals surface area (Å²) in [7, 11) is 0. The Kier molecular flexibility index (Phi) is 5.56. The van der Waals surface area contributed by atoms with Crippen LogP contribution in [0.4, 0.5) is 5.69 Å². The highest BCUT2D eigenvalue weighted by atomic mass is 127. The first-order chi connectivity index (χ1) is 9.20. The minimum atomic E-state index is -0.687. The SMILES string of the molecule is CCC(=O)C(=O)Nc1cc(CI)cc(C(C)(C)C)c1O. The first-order valence-corrected chi connectivity index (χ1v) is 7.99. The third-order valence-electron chi connectivity index (χ3n) is 2.95. The Hall–Kier alpha value is -1.11. The number of nitrogens with one attached hydrogen (secondary N) is 1. The number of ketones is 1. The van der Waals surface area contributed by atoms with Crippen LogP contribution in [0.2, 0.25) is 0 Å². The van der Waals surface area contributed by atoms with Crippen LogP contribution in [0.3, 0.4) is 0 Å². The average molecular weight is 389 g/mol. The molecule has 0 heterocycles. The van der Waals surface area contributed by atoms with Gasteiger partial charge in [-0.15, -0.1) is 0 Å². The second kappa shape index (κ2) is 6.56. The van der Waals surface area contributed by atoms with E-state index in [1.807, 2.05) is 26.8 Å². The molecule has 0 atom stereocenters. The highest BCUT2D eigenvalue weighted by Gasteiger charge is 2.23. The number of carbonyl (C=O) groups is 2. The van der Waals surface area contributed by atoms with Crippen LogP contribution in [0, 0.1) is 0 Å². The Balaban J connectivity index is 3.26. The first-order valence-electron chi connectivity index (χ1n) is 6.47. The van der Waals surface area contributed by atoms with Gasteiger partial charge in [-0.1, -0.05) is 56.4 Å². The Labute approximate surface area is 133 Å². The van der Waals surface area contributed by atoms with Crippen LogP contribution >= 0.6 is 22.6 Å². The van der Waals surface area contributed by atoms with Gasteiger partial charge in [-0.3, -0.25) is 9.59 Å². The van der Waals surface area contributed by atoms with E-state index in [2.05, 4.69) is 27.9 Å². The van der Waals surface area contributed by atoms with Crippen molar-refractivity contribution in [3.8, 4) is 5.75 Å². The maximum absolute atomic E-state index is 11.7. The van der Waals surface area contributed by atoms with Crippen molar-refractivity contribution in [2.75, 3.05) is 5.32 Å². The molecule has 0 unspecified atom stereocenters. The van der Waals surface area contributed by atoms with Gasteiger partial charge in [-0.2, -0.15) is 0 Å². The molecule has 0 saturated heterocycles. The molecule has 0 radical (unpaired) electrons. The summed E-state index contributed by atoms with van der Waals surface area (Å²) in [6.07, 6.45) is 0.144. The lowest BCUT2D eigenvalue weighted by atomic mass is 9.85. The number of carbonyl (C=O) groups excluding carboxylic acids is 2. The van der Waals surface area contributed by atoms with Crippen molar-refractivity contribution in [3.63, 3.8) is 0 Å². The van der Waals surface area contributed by atoms with Crippen molar-refractivity contribution in [1.29, 1.82) is 0 Å². The molecule has 2 N–H and O–H groups in total. The third-order valence-corrected chi connectivity index (χ3v) is 3.84. The molecule has 0 aliphatic rings. The van der Waals surface area contributed by atoms with Crippen molar-refractivity contribution >= 4 is 40.0 Å². The zero-order valence-electron chi connectivity index (χ0n) is 12.2. The number of aromatic hydroxyl groups is 1. The molecular formula is C15H20INO3. The van der Waals surface area contributed by atoms with E-state index in [1.165, 1.54) is 0 Å². The summed E-state index contributed by atoms with van der Waals surface area (Å²) in [6, 6.07) is 3.64. The van der Waals surface area contributed by atoms with Gasteiger partial charge in [0.05, 0.1) is 5.69 Å². The van der Waals surface area contributed by atoms with Crippen LogP contribution in [0.5, 0.6) is 5.75 Å². The summed E-state index contributed by atoms with van der Waals surface area (Å²) >= 11 is 2.22. The van der Waals surface area contributed by atoms with Crippen LogP contribution in [-0.2, 0) is 19.4 Å². The van der Waals surface area contributed by atoms with Gasteiger partial charge in [0.25, 0.3) is 5.91 Å². The number of halogens is 1. The Morgan fingerprint density at radius 1 is 1.30 bits per heavy atom. The number of hydrogen-bond donors (Lipinski definition) is 2. The quantitative estimate of drug-likeness (QED) is 0.358. The van der Waals surface area contributed by atoms with Gasteiger partial charge in [-0.05, 0) is 17.0 Å². The van der Waals surface area contributed by atoms with Crippen molar-refractivity contribution < 1.29 is 14.7 Å². The topological polar surface area (TPSA) is 66.4 Å². The summed E-state index contributed by atoms with van der Waals surface area (Å²) < 4.78 is 0.756. The second-order valence-electron chi connectivity index (χ2n) is 5.65. The lowest BCUT2D eigenvalue weighted by Crippen LogP contribution is -2.22. The van der Waals surface area contributed by atoms with Crippen LogP contribution < -0.4 is 5.32 Å². The van der Waals surface area contributed by atoms with Crippen molar-refractivity contribution in [1.82, 2.24) is 0 Å². The molecule has 20 heavy (non-hydrogen) atoms. The maximum atomic E-state index is 11.7. The van der Waals surface area contributed by atoms with Gasteiger partial charge in [0.15, 0.2) is 0 Å². The summed E-state index contributed by atoms with van der Waals surface area (Å²) in [4.78, 5) is 23.1. The number of phenolic OH excluding ortho intramolecular Hbond substituents is 1. The van der Waals surface area contributed by atoms with Gasteiger partial charge in [0, 0.05) is 16.4 Å². The molecule has 0 fully saturated rings. The molecule has 0 spiro atoms. The average Bonchev–Trinajstić information content (AvgIpc) is 2.38. The monoisotopic (exact) mass is 389 g/mol. The molecule has 1 amide bonds. The Bertz CT molecular complexity index is 533. The largest absolute Gasteiger partial charge is 0.505 e. The molecule has 0 aromatic heterocycles. The summed E-state index contributed by atoms with van der Waals surface area (Å²) in [5.74, 6) is -1.15. The van der Waals surface area contributed by atoms with Gasteiger partial charge < -0.3 is 10.4 Å². The van der Waals surface area contributed by atoms with E-state index in [1.54, 1.807) is 13.0 Å². The Morgan fingerprint density at radius 2 is 1.90 bits per heavy atom. The molecule has 1 aromatic rings. The highest BCUT2D eigenvalue weighted by Crippen LogP contribution is 2.37. The summed E-state index contributed by atoms with van der Waals surface area (Å²) in [5.41, 5.74) is 1.80. The predicted octanol–water partition coefficient (Wildman–Crippen LogP) is 3.54. The number of amides is 1. The number of rotatable bonds is 4. The van der Waals surface area contributed by atoms with E-state index in [9.17, 15) is 14.7 Å². The lowest BCUT2D eigenvalue weighted by molar-refractivity contribution is -0.134. The lowest BCUT2D eigenvalue weighted by Gasteiger charge is -2.23. The van der Waals surface area contributed by atoms with E-state index in [0.29, 0.717) is 5.69 Å². The number of Topliss-reactive ketones (excluding diaryl/α,β-unsaturated/α-hetero) is 1. The van der Waals surface area contributed by atoms with E-state index < -0.39 is 11.7 Å². The zero-order valence-corrected chi connectivity index (χ0v) is 14.4. The standard InChI is InChI=1S/C15H20INO3/c1-5-12(18)14(20)17-11-7-9(8-16)6-10(13(11)19)15(2,3)4/h6-7,19H,5,8H2,1-4H3,(H,17,20). The predicted molar refractivity (Wildman–Crippen MR) is 88.5 cm³/mol. The minimum absolute atomic E-state index is 0.0309. The van der Waals surface area contributed by atoms with Crippen molar-refractivity contribution in [3.05, 3.63) is 23.3 Å². The fourth-order valence-electron chi connectivity index (χ4n) is 1.79. The molecule has 0 bridgehead atoms. The molecule has 1 rings (SSSR count). The van der Waals surface area contributed by atoms with Crippen LogP contribution in [0.1, 0.15) is 45.2 Å². The van der Waals surface area contributed by atoms with Gasteiger partial charge in [-0.25, -0.2) is 0 Å². The van der Waals surface area contributed by atoms with Gasteiger partial charge >= 0.3 is 0 Å². The van der Waals surface area contributed by atoms with Crippen LogP contribution in [-0.4, -0.2) is 16.8 Å². The molecule has 5 heteroatoms.